The first-order valence-corrected chi connectivity index (χ1v) is 9.10. The van der Waals surface area contributed by atoms with Crippen molar-refractivity contribution < 1.29 is 4.79 Å². The highest BCUT2D eigenvalue weighted by molar-refractivity contribution is 5.93. The summed E-state index contributed by atoms with van der Waals surface area (Å²) < 4.78 is 0. The van der Waals surface area contributed by atoms with Crippen molar-refractivity contribution in [3.8, 4) is 0 Å². The molecule has 1 aliphatic carbocycles. The number of nitrogens with one attached hydrogen (secondary N) is 2. The normalized spacial score (nSPS) is 16.2. The van der Waals surface area contributed by atoms with Gasteiger partial charge in [-0.3, -0.25) is 4.79 Å². The van der Waals surface area contributed by atoms with Crippen LogP contribution >= 0.6 is 0 Å². The molecule has 2 N–H and O–H groups in total. The molecule has 1 aliphatic rings. The summed E-state index contributed by atoms with van der Waals surface area (Å²) in [5, 5.41) is 6.48. The van der Waals surface area contributed by atoms with Crippen molar-refractivity contribution in [2.45, 2.75) is 58.0 Å². The predicted octanol–water partition coefficient (Wildman–Crippen LogP) is 4.02. The van der Waals surface area contributed by atoms with E-state index >= 15 is 0 Å². The minimum absolute atomic E-state index is 0.0706. The summed E-state index contributed by atoms with van der Waals surface area (Å²) in [6.07, 6.45) is 6.14. The fourth-order valence-corrected chi connectivity index (χ4v) is 3.31. The fraction of sp³-hybridized carbons (Fsp3) is 0.450. The first kappa shape index (κ1) is 17.4. The molecule has 1 unspecified atom stereocenters. The maximum absolute atomic E-state index is 12.6. The number of anilines is 1. The van der Waals surface area contributed by atoms with Crippen LogP contribution in [0.3, 0.4) is 0 Å². The summed E-state index contributed by atoms with van der Waals surface area (Å²) in [5.41, 5.74) is 1.48. The average Bonchev–Trinajstić information content (AvgIpc) is 2.62. The number of hydrogen-bond acceptors (Lipinski definition) is 4. The molecule has 5 heteroatoms. The summed E-state index contributed by atoms with van der Waals surface area (Å²) in [5.74, 6) is 1.18. The van der Waals surface area contributed by atoms with Gasteiger partial charge in [0, 0.05) is 12.1 Å². The van der Waals surface area contributed by atoms with E-state index in [4.69, 9.17) is 0 Å². The molecule has 1 atom stereocenters. The van der Waals surface area contributed by atoms with Gasteiger partial charge in [0.2, 0.25) is 0 Å². The van der Waals surface area contributed by atoms with Crippen molar-refractivity contribution in [3.63, 3.8) is 0 Å². The van der Waals surface area contributed by atoms with E-state index in [1.54, 1.807) is 6.07 Å². The van der Waals surface area contributed by atoms with Crippen LogP contribution in [0, 0.1) is 6.92 Å². The Bertz CT molecular complexity index is 711. The van der Waals surface area contributed by atoms with Crippen molar-refractivity contribution in [3.05, 3.63) is 53.5 Å². The minimum atomic E-state index is -0.173. The topological polar surface area (TPSA) is 66.9 Å². The van der Waals surface area contributed by atoms with Crippen molar-refractivity contribution >= 4 is 11.7 Å². The Morgan fingerprint density at radius 3 is 2.56 bits per heavy atom. The molecule has 25 heavy (non-hydrogen) atoms. The van der Waals surface area contributed by atoms with E-state index in [1.165, 1.54) is 19.3 Å². The molecule has 0 radical (unpaired) electrons. The van der Waals surface area contributed by atoms with Crippen LogP contribution in [0.25, 0.3) is 0 Å². The van der Waals surface area contributed by atoms with Gasteiger partial charge in [-0.1, -0.05) is 49.6 Å². The molecule has 132 valence electrons. The van der Waals surface area contributed by atoms with Crippen LogP contribution < -0.4 is 10.6 Å². The van der Waals surface area contributed by atoms with Gasteiger partial charge in [0.05, 0.1) is 6.04 Å². The smallest absolute Gasteiger partial charge is 0.270 e. The zero-order chi connectivity index (χ0) is 17.6. The van der Waals surface area contributed by atoms with Crippen molar-refractivity contribution in [1.29, 1.82) is 0 Å². The number of hydrogen-bond donors (Lipinski definition) is 2. The van der Waals surface area contributed by atoms with Crippen LogP contribution in [0.5, 0.6) is 0 Å². The van der Waals surface area contributed by atoms with Gasteiger partial charge in [-0.05, 0) is 32.3 Å². The lowest BCUT2D eigenvalue weighted by atomic mass is 9.95. The lowest BCUT2D eigenvalue weighted by molar-refractivity contribution is 0.0934. The Balaban J connectivity index is 1.69. The first-order valence-electron chi connectivity index (χ1n) is 9.10. The number of carbonyl (C=O) groups excluding carboxylic acids is 1. The number of aromatic nitrogens is 2. The van der Waals surface area contributed by atoms with Crippen molar-refractivity contribution in [2.75, 3.05) is 5.32 Å². The van der Waals surface area contributed by atoms with Gasteiger partial charge in [0.1, 0.15) is 17.3 Å². The SMILES string of the molecule is Cc1nc(NC2CCCCC2)cc(C(=O)NC(C)c2ccccc2)n1. The molecule has 3 rings (SSSR count). The van der Waals surface area contributed by atoms with Gasteiger partial charge >= 0.3 is 0 Å². The average molecular weight is 338 g/mol. The van der Waals surface area contributed by atoms with Crippen LogP contribution in [0.4, 0.5) is 5.82 Å². The van der Waals surface area contributed by atoms with Gasteiger partial charge in [0.15, 0.2) is 0 Å². The summed E-state index contributed by atoms with van der Waals surface area (Å²) in [4.78, 5) is 21.4. The van der Waals surface area contributed by atoms with E-state index in [-0.39, 0.29) is 11.9 Å². The zero-order valence-corrected chi connectivity index (χ0v) is 15.0. The Morgan fingerprint density at radius 1 is 1.12 bits per heavy atom. The molecule has 2 aromatic rings. The maximum atomic E-state index is 12.6. The molecule has 0 saturated heterocycles. The van der Waals surface area contributed by atoms with Gasteiger partial charge in [-0.25, -0.2) is 9.97 Å². The molecule has 1 heterocycles. The minimum Gasteiger partial charge on any atom is -0.367 e. The van der Waals surface area contributed by atoms with E-state index in [1.807, 2.05) is 44.2 Å². The number of aryl methyl sites for hydroxylation is 1. The molecule has 0 spiro atoms. The third-order valence-corrected chi connectivity index (χ3v) is 4.67. The van der Waals surface area contributed by atoms with Crippen LogP contribution in [0.1, 0.15) is 66.9 Å². The second-order valence-electron chi connectivity index (χ2n) is 6.77. The fourth-order valence-electron chi connectivity index (χ4n) is 3.31. The monoisotopic (exact) mass is 338 g/mol. The quantitative estimate of drug-likeness (QED) is 0.864. The second kappa shape index (κ2) is 8.10. The van der Waals surface area contributed by atoms with Gasteiger partial charge in [0.25, 0.3) is 5.91 Å². The number of rotatable bonds is 5. The van der Waals surface area contributed by atoms with E-state index in [0.717, 1.165) is 24.2 Å². The largest absolute Gasteiger partial charge is 0.367 e. The van der Waals surface area contributed by atoms with E-state index in [2.05, 4.69) is 20.6 Å². The van der Waals surface area contributed by atoms with E-state index in [0.29, 0.717) is 17.6 Å². The van der Waals surface area contributed by atoms with Crippen molar-refractivity contribution in [2.24, 2.45) is 0 Å². The number of nitrogens with zero attached hydrogens (tertiary/aromatic N) is 2. The van der Waals surface area contributed by atoms with E-state index < -0.39 is 0 Å². The summed E-state index contributed by atoms with van der Waals surface area (Å²) >= 11 is 0. The number of amides is 1. The Labute approximate surface area is 149 Å². The molecule has 1 fully saturated rings. The molecule has 1 saturated carbocycles. The summed E-state index contributed by atoms with van der Waals surface area (Å²) in [7, 11) is 0. The van der Waals surface area contributed by atoms with Crippen LogP contribution in [-0.4, -0.2) is 21.9 Å². The lowest BCUT2D eigenvalue weighted by Gasteiger charge is -2.23. The Kier molecular flexibility index (Phi) is 5.64. The molecule has 5 nitrogen and oxygen atoms in total. The van der Waals surface area contributed by atoms with Crippen LogP contribution in [0.2, 0.25) is 0 Å². The molecule has 0 bridgehead atoms. The van der Waals surface area contributed by atoms with Crippen LogP contribution in [0.15, 0.2) is 36.4 Å². The van der Waals surface area contributed by atoms with Gasteiger partial charge in [-0.15, -0.1) is 0 Å². The first-order chi connectivity index (χ1) is 12.1. The Morgan fingerprint density at radius 2 is 1.84 bits per heavy atom. The molecular formula is C20H26N4O. The van der Waals surface area contributed by atoms with Gasteiger partial charge in [-0.2, -0.15) is 0 Å². The maximum Gasteiger partial charge on any atom is 0.270 e. The zero-order valence-electron chi connectivity index (χ0n) is 15.0. The number of carbonyl (C=O) groups is 1. The molecule has 1 amide bonds. The third-order valence-electron chi connectivity index (χ3n) is 4.67. The summed E-state index contributed by atoms with van der Waals surface area (Å²) in [6, 6.07) is 12.1. The lowest BCUT2D eigenvalue weighted by Crippen LogP contribution is -2.28. The molecular weight excluding hydrogens is 312 g/mol. The highest BCUT2D eigenvalue weighted by Gasteiger charge is 2.17. The highest BCUT2D eigenvalue weighted by atomic mass is 16.1. The summed E-state index contributed by atoms with van der Waals surface area (Å²) in [6.45, 7) is 3.80. The van der Waals surface area contributed by atoms with E-state index in [9.17, 15) is 4.79 Å². The second-order valence-corrected chi connectivity index (χ2v) is 6.77. The number of benzene rings is 1. The van der Waals surface area contributed by atoms with Gasteiger partial charge < -0.3 is 10.6 Å². The molecule has 0 aliphatic heterocycles. The molecule has 1 aromatic carbocycles. The standard InChI is InChI=1S/C20H26N4O/c1-14(16-9-5-3-6-10-16)21-20(25)18-13-19(23-15(2)22-18)24-17-11-7-4-8-12-17/h3,5-6,9-10,13-14,17H,4,7-8,11-12H2,1-2H3,(H,21,25)(H,22,23,24). The third kappa shape index (κ3) is 4.78. The highest BCUT2D eigenvalue weighted by Crippen LogP contribution is 2.21. The van der Waals surface area contributed by atoms with Crippen molar-refractivity contribution in [1.82, 2.24) is 15.3 Å². The molecule has 1 aromatic heterocycles. The van der Waals surface area contributed by atoms with Crippen LogP contribution in [-0.2, 0) is 0 Å². The predicted molar refractivity (Wildman–Crippen MR) is 99.6 cm³/mol. The Hall–Kier alpha value is -2.43.